The second-order valence-corrected chi connectivity index (χ2v) is 4.81. The molecule has 25 heavy (non-hydrogen) atoms. The highest BCUT2D eigenvalue weighted by molar-refractivity contribution is 6.02. The maximum Gasteiger partial charge on any atom is 0.387 e. The van der Waals surface area contributed by atoms with Crippen LogP contribution in [-0.4, -0.2) is 32.1 Å². The molecule has 0 saturated carbocycles. The zero-order valence-electron chi connectivity index (χ0n) is 13.3. The molecule has 2 aromatic carbocycles. The van der Waals surface area contributed by atoms with Crippen molar-refractivity contribution in [3.8, 4) is 5.75 Å². The minimum atomic E-state index is -2.97. The number of amides is 1. The van der Waals surface area contributed by atoms with E-state index in [2.05, 4.69) is 20.1 Å². The van der Waals surface area contributed by atoms with Gasteiger partial charge in [0.2, 0.25) is 5.91 Å². The molecule has 2 aromatic rings. The van der Waals surface area contributed by atoms with Crippen LogP contribution in [0.2, 0.25) is 0 Å². The quantitative estimate of drug-likeness (QED) is 0.751. The summed E-state index contributed by atoms with van der Waals surface area (Å²) in [5.74, 6) is -1.12. The number of nitrogens with one attached hydrogen (secondary N) is 2. The van der Waals surface area contributed by atoms with Crippen LogP contribution in [0.1, 0.15) is 10.4 Å². The Hall–Kier alpha value is -3.16. The van der Waals surface area contributed by atoms with Crippen LogP contribution in [0, 0.1) is 0 Å². The molecule has 0 aliphatic heterocycles. The average molecular weight is 350 g/mol. The lowest BCUT2D eigenvalue weighted by Crippen LogP contribution is -2.23. The van der Waals surface area contributed by atoms with Crippen LogP contribution in [0.4, 0.5) is 20.2 Å². The van der Waals surface area contributed by atoms with E-state index in [4.69, 9.17) is 0 Å². The predicted molar refractivity (Wildman–Crippen MR) is 88.0 cm³/mol. The lowest BCUT2D eigenvalue weighted by Gasteiger charge is -2.13. The van der Waals surface area contributed by atoms with Crippen molar-refractivity contribution in [1.29, 1.82) is 0 Å². The SMILES string of the molecule is COC(=O)c1ccccc1NC(=O)CNc1ccccc1OC(F)F. The predicted octanol–water partition coefficient (Wildman–Crippen LogP) is 3.13. The zero-order chi connectivity index (χ0) is 18.2. The summed E-state index contributed by atoms with van der Waals surface area (Å²) in [5.41, 5.74) is 0.747. The Morgan fingerprint density at radius 1 is 1.04 bits per heavy atom. The normalized spacial score (nSPS) is 10.2. The summed E-state index contributed by atoms with van der Waals surface area (Å²) in [7, 11) is 1.24. The van der Waals surface area contributed by atoms with Crippen LogP contribution >= 0.6 is 0 Å². The minimum absolute atomic E-state index is 0.0692. The summed E-state index contributed by atoms with van der Waals surface area (Å²) in [6.07, 6.45) is 0. The molecule has 0 atom stereocenters. The minimum Gasteiger partial charge on any atom is -0.465 e. The number of carbonyl (C=O) groups is 2. The van der Waals surface area contributed by atoms with E-state index in [0.29, 0.717) is 5.69 Å². The van der Waals surface area contributed by atoms with Crippen molar-refractivity contribution in [2.45, 2.75) is 6.61 Å². The van der Waals surface area contributed by atoms with E-state index in [-0.39, 0.29) is 23.5 Å². The van der Waals surface area contributed by atoms with Gasteiger partial charge in [0, 0.05) is 0 Å². The highest BCUT2D eigenvalue weighted by Gasteiger charge is 2.14. The molecule has 8 heteroatoms. The molecule has 0 bridgehead atoms. The van der Waals surface area contributed by atoms with E-state index in [1.807, 2.05) is 0 Å². The van der Waals surface area contributed by atoms with E-state index < -0.39 is 18.5 Å². The lowest BCUT2D eigenvalue weighted by molar-refractivity contribution is -0.114. The van der Waals surface area contributed by atoms with Gasteiger partial charge in [0.15, 0.2) is 0 Å². The first kappa shape index (κ1) is 18.2. The second-order valence-electron chi connectivity index (χ2n) is 4.81. The van der Waals surface area contributed by atoms with Crippen molar-refractivity contribution < 1.29 is 27.8 Å². The molecule has 0 unspecified atom stereocenters. The van der Waals surface area contributed by atoms with Gasteiger partial charge in [0.25, 0.3) is 0 Å². The Morgan fingerprint density at radius 3 is 2.36 bits per heavy atom. The summed E-state index contributed by atoms with van der Waals surface area (Å²) in [6, 6.07) is 12.4. The van der Waals surface area contributed by atoms with Crippen molar-refractivity contribution in [3.63, 3.8) is 0 Å². The second kappa shape index (κ2) is 8.62. The van der Waals surface area contributed by atoms with Gasteiger partial charge in [-0.05, 0) is 24.3 Å². The Morgan fingerprint density at radius 2 is 1.68 bits per heavy atom. The topological polar surface area (TPSA) is 76.7 Å². The van der Waals surface area contributed by atoms with Gasteiger partial charge >= 0.3 is 12.6 Å². The van der Waals surface area contributed by atoms with Gasteiger partial charge in [-0.15, -0.1) is 0 Å². The first-order chi connectivity index (χ1) is 12.0. The zero-order valence-corrected chi connectivity index (χ0v) is 13.3. The molecule has 0 spiro atoms. The number of anilines is 2. The van der Waals surface area contributed by atoms with E-state index in [0.717, 1.165) is 0 Å². The summed E-state index contributed by atoms with van der Waals surface area (Å²) >= 11 is 0. The van der Waals surface area contributed by atoms with Crippen LogP contribution in [0.15, 0.2) is 48.5 Å². The van der Waals surface area contributed by atoms with Crippen molar-refractivity contribution in [3.05, 3.63) is 54.1 Å². The van der Waals surface area contributed by atoms with Gasteiger partial charge in [0.05, 0.1) is 30.6 Å². The molecule has 0 aliphatic carbocycles. The van der Waals surface area contributed by atoms with Crippen molar-refractivity contribution in [1.82, 2.24) is 0 Å². The maximum absolute atomic E-state index is 12.4. The summed E-state index contributed by atoms with van der Waals surface area (Å²) in [4.78, 5) is 23.7. The Labute approximate surface area is 142 Å². The van der Waals surface area contributed by atoms with E-state index in [1.165, 1.54) is 31.4 Å². The van der Waals surface area contributed by atoms with Crippen LogP contribution in [-0.2, 0) is 9.53 Å². The molecule has 2 rings (SSSR count). The first-order valence-electron chi connectivity index (χ1n) is 7.26. The molecular weight excluding hydrogens is 334 g/mol. The smallest absolute Gasteiger partial charge is 0.387 e. The fourth-order valence-corrected chi connectivity index (χ4v) is 2.06. The summed E-state index contributed by atoms with van der Waals surface area (Å²) in [6.45, 7) is -3.18. The molecule has 0 aliphatic rings. The van der Waals surface area contributed by atoms with Gasteiger partial charge < -0.3 is 20.1 Å². The largest absolute Gasteiger partial charge is 0.465 e. The number of benzene rings is 2. The number of alkyl halides is 2. The van der Waals surface area contributed by atoms with Gasteiger partial charge in [-0.3, -0.25) is 4.79 Å². The molecule has 1 amide bonds. The molecule has 0 heterocycles. The Balaban J connectivity index is 2.02. The molecule has 2 N–H and O–H groups in total. The van der Waals surface area contributed by atoms with E-state index >= 15 is 0 Å². The van der Waals surface area contributed by atoms with E-state index in [9.17, 15) is 18.4 Å². The number of ether oxygens (including phenoxy) is 2. The molecule has 0 aromatic heterocycles. The monoisotopic (exact) mass is 350 g/mol. The third kappa shape index (κ3) is 5.17. The molecule has 132 valence electrons. The third-order valence-electron chi connectivity index (χ3n) is 3.15. The number of rotatable bonds is 7. The number of esters is 1. The number of para-hydroxylation sites is 3. The Bertz CT molecular complexity index is 753. The number of halogens is 2. The van der Waals surface area contributed by atoms with Crippen LogP contribution in [0.3, 0.4) is 0 Å². The fraction of sp³-hybridized carbons (Fsp3) is 0.176. The van der Waals surface area contributed by atoms with Crippen LogP contribution < -0.4 is 15.4 Å². The Kier molecular flexibility index (Phi) is 6.27. The van der Waals surface area contributed by atoms with Crippen molar-refractivity contribution >= 4 is 23.3 Å². The first-order valence-corrected chi connectivity index (χ1v) is 7.26. The maximum atomic E-state index is 12.4. The summed E-state index contributed by atoms with van der Waals surface area (Å²) in [5, 5.41) is 5.28. The van der Waals surface area contributed by atoms with Gasteiger partial charge in [-0.2, -0.15) is 8.78 Å². The highest BCUT2D eigenvalue weighted by atomic mass is 19.3. The molecule has 6 nitrogen and oxygen atoms in total. The van der Waals surface area contributed by atoms with E-state index in [1.54, 1.807) is 24.3 Å². The fourth-order valence-electron chi connectivity index (χ4n) is 2.06. The van der Waals surface area contributed by atoms with Crippen molar-refractivity contribution in [2.24, 2.45) is 0 Å². The third-order valence-corrected chi connectivity index (χ3v) is 3.15. The lowest BCUT2D eigenvalue weighted by atomic mass is 10.2. The molecule has 0 radical (unpaired) electrons. The van der Waals surface area contributed by atoms with Crippen LogP contribution in [0.25, 0.3) is 0 Å². The van der Waals surface area contributed by atoms with Crippen LogP contribution in [0.5, 0.6) is 5.75 Å². The molecular formula is C17H16F2N2O4. The number of carbonyl (C=O) groups excluding carboxylic acids is 2. The van der Waals surface area contributed by atoms with Gasteiger partial charge in [-0.1, -0.05) is 24.3 Å². The number of methoxy groups -OCH3 is 1. The standard InChI is InChI=1S/C17H16F2N2O4/c1-24-16(23)11-6-2-3-7-12(11)21-15(22)10-20-13-8-4-5-9-14(13)25-17(18)19/h2-9,17,20H,10H2,1H3,(H,21,22). The number of hydrogen-bond acceptors (Lipinski definition) is 5. The van der Waals surface area contributed by atoms with Gasteiger partial charge in [0.1, 0.15) is 5.75 Å². The number of hydrogen-bond donors (Lipinski definition) is 2. The summed E-state index contributed by atoms with van der Waals surface area (Å²) < 4.78 is 33.8. The van der Waals surface area contributed by atoms with Gasteiger partial charge in [-0.25, -0.2) is 4.79 Å². The molecule has 0 fully saturated rings. The molecule has 0 saturated heterocycles. The van der Waals surface area contributed by atoms with Crippen molar-refractivity contribution in [2.75, 3.05) is 24.3 Å². The average Bonchev–Trinajstić information content (AvgIpc) is 2.60. The highest BCUT2D eigenvalue weighted by Crippen LogP contribution is 2.25.